The van der Waals surface area contributed by atoms with Gasteiger partial charge in [0.05, 0.1) is 0 Å². The number of rotatable bonds is 5. The maximum atomic E-state index is 11.5. The van der Waals surface area contributed by atoms with E-state index in [1.165, 1.54) is 12.8 Å². The fourth-order valence-electron chi connectivity index (χ4n) is 1.42. The molecule has 1 fully saturated rings. The molecule has 0 heterocycles. The van der Waals surface area contributed by atoms with Crippen LogP contribution in [0.3, 0.4) is 0 Å². The smallest absolute Gasteiger partial charge is 0.328 e. The van der Waals surface area contributed by atoms with E-state index in [-0.39, 0.29) is 12.5 Å². The largest absolute Gasteiger partial charge is 0.459 e. The zero-order valence-corrected chi connectivity index (χ0v) is 11.9. The summed E-state index contributed by atoms with van der Waals surface area (Å²) in [6, 6.07) is 0. The summed E-state index contributed by atoms with van der Waals surface area (Å²) in [4.78, 5) is 15.8. The number of hydrogen-bond acceptors (Lipinski definition) is 3. The molecule has 0 aromatic rings. The van der Waals surface area contributed by atoms with Crippen molar-refractivity contribution < 1.29 is 9.53 Å². The molecule has 0 saturated heterocycles. The van der Waals surface area contributed by atoms with Gasteiger partial charge in [0.2, 0.25) is 0 Å². The van der Waals surface area contributed by atoms with Crippen LogP contribution in [0.25, 0.3) is 0 Å². The molecule has 1 aliphatic rings. The highest BCUT2D eigenvalue weighted by Gasteiger charge is 2.21. The number of aliphatic imine (C=N–C) groups is 1. The second kappa shape index (κ2) is 6.61. The average Bonchev–Trinajstić information content (AvgIpc) is 3.03. The number of carbonyl (C=O) groups is 1. The van der Waals surface area contributed by atoms with E-state index < -0.39 is 5.60 Å². The van der Waals surface area contributed by atoms with Gasteiger partial charge < -0.3 is 15.4 Å². The van der Waals surface area contributed by atoms with Crippen molar-refractivity contribution in [2.75, 3.05) is 19.6 Å². The van der Waals surface area contributed by atoms with Crippen LogP contribution >= 0.6 is 0 Å². The van der Waals surface area contributed by atoms with E-state index in [4.69, 9.17) is 4.74 Å². The van der Waals surface area contributed by atoms with Crippen LogP contribution in [0.5, 0.6) is 0 Å². The molecular weight excluding hydrogens is 230 g/mol. The van der Waals surface area contributed by atoms with Gasteiger partial charge in [0, 0.05) is 13.1 Å². The van der Waals surface area contributed by atoms with E-state index in [1.54, 1.807) is 0 Å². The minimum absolute atomic E-state index is 0.0528. The highest BCUT2D eigenvalue weighted by Crippen LogP contribution is 2.27. The monoisotopic (exact) mass is 255 g/mol. The zero-order chi connectivity index (χ0) is 13.6. The van der Waals surface area contributed by atoms with Crippen molar-refractivity contribution in [3.05, 3.63) is 0 Å². The van der Waals surface area contributed by atoms with Crippen LogP contribution in [0.1, 0.15) is 40.5 Å². The molecule has 0 bridgehead atoms. The Morgan fingerprint density at radius 3 is 2.50 bits per heavy atom. The molecule has 0 radical (unpaired) electrons. The second-order valence-corrected chi connectivity index (χ2v) is 5.61. The third-order valence-electron chi connectivity index (χ3n) is 2.39. The minimum atomic E-state index is -0.452. The molecule has 18 heavy (non-hydrogen) atoms. The molecule has 5 nitrogen and oxygen atoms in total. The molecule has 1 aliphatic carbocycles. The molecule has 1 rings (SSSR count). The van der Waals surface area contributed by atoms with Crippen LogP contribution in [-0.4, -0.2) is 37.2 Å². The summed E-state index contributed by atoms with van der Waals surface area (Å²) >= 11 is 0. The second-order valence-electron chi connectivity index (χ2n) is 5.61. The lowest BCUT2D eigenvalue weighted by molar-refractivity contribution is -0.152. The quantitative estimate of drug-likeness (QED) is 0.441. The Kier molecular flexibility index (Phi) is 5.44. The first-order valence-electron chi connectivity index (χ1n) is 6.64. The summed E-state index contributed by atoms with van der Waals surface area (Å²) < 4.78 is 5.20. The Hall–Kier alpha value is -1.26. The van der Waals surface area contributed by atoms with Crippen molar-refractivity contribution >= 4 is 11.9 Å². The summed E-state index contributed by atoms with van der Waals surface area (Å²) in [5, 5.41) is 6.35. The highest BCUT2D eigenvalue weighted by atomic mass is 16.6. The summed E-state index contributed by atoms with van der Waals surface area (Å²) in [5.41, 5.74) is -0.452. The molecule has 0 unspecified atom stereocenters. The number of nitrogens with zero attached hydrogens (tertiary/aromatic N) is 1. The number of esters is 1. The lowest BCUT2D eigenvalue weighted by Gasteiger charge is -2.19. The topological polar surface area (TPSA) is 62.7 Å². The first-order chi connectivity index (χ1) is 8.40. The molecule has 0 aromatic heterocycles. The highest BCUT2D eigenvalue weighted by molar-refractivity contribution is 5.83. The van der Waals surface area contributed by atoms with Gasteiger partial charge in [-0.1, -0.05) is 0 Å². The number of nitrogens with one attached hydrogen (secondary N) is 2. The van der Waals surface area contributed by atoms with E-state index in [0.29, 0.717) is 5.96 Å². The third kappa shape index (κ3) is 7.14. The van der Waals surface area contributed by atoms with Gasteiger partial charge in [0.1, 0.15) is 12.1 Å². The zero-order valence-electron chi connectivity index (χ0n) is 11.9. The number of carbonyl (C=O) groups excluding carboxylic acids is 1. The molecular formula is C13H25N3O2. The van der Waals surface area contributed by atoms with Crippen molar-refractivity contribution in [2.45, 2.75) is 46.1 Å². The van der Waals surface area contributed by atoms with Gasteiger partial charge in [-0.25, -0.2) is 4.99 Å². The van der Waals surface area contributed by atoms with Crippen LogP contribution in [0, 0.1) is 5.92 Å². The standard InChI is InChI=1S/C13H25N3O2/c1-5-14-12(15-8-10-6-7-10)16-9-11(17)18-13(2,3)4/h10H,5-9H2,1-4H3,(H2,14,15,16). The van der Waals surface area contributed by atoms with Crippen molar-refractivity contribution in [1.82, 2.24) is 10.6 Å². The predicted molar refractivity (Wildman–Crippen MR) is 72.6 cm³/mol. The third-order valence-corrected chi connectivity index (χ3v) is 2.39. The first kappa shape index (κ1) is 14.8. The van der Waals surface area contributed by atoms with Gasteiger partial charge in [0.25, 0.3) is 0 Å². The Balaban J connectivity index is 2.35. The van der Waals surface area contributed by atoms with E-state index >= 15 is 0 Å². The van der Waals surface area contributed by atoms with Gasteiger partial charge >= 0.3 is 5.97 Å². The summed E-state index contributed by atoms with van der Waals surface area (Å²) in [7, 11) is 0. The fourth-order valence-corrected chi connectivity index (χ4v) is 1.42. The maximum absolute atomic E-state index is 11.5. The van der Waals surface area contributed by atoms with Crippen molar-refractivity contribution in [3.8, 4) is 0 Å². The lowest BCUT2D eigenvalue weighted by atomic mass is 10.2. The van der Waals surface area contributed by atoms with Gasteiger partial charge in [-0.3, -0.25) is 4.79 Å². The van der Waals surface area contributed by atoms with Crippen LogP contribution < -0.4 is 10.6 Å². The van der Waals surface area contributed by atoms with Crippen molar-refractivity contribution in [3.63, 3.8) is 0 Å². The molecule has 0 aliphatic heterocycles. The van der Waals surface area contributed by atoms with E-state index in [0.717, 1.165) is 19.0 Å². The lowest BCUT2D eigenvalue weighted by Crippen LogP contribution is -2.39. The molecule has 0 spiro atoms. The predicted octanol–water partition coefficient (Wildman–Crippen LogP) is 1.29. The van der Waals surface area contributed by atoms with Crippen LogP contribution in [0.15, 0.2) is 4.99 Å². The normalized spacial score (nSPS) is 16.3. The average molecular weight is 255 g/mol. The van der Waals surface area contributed by atoms with Crippen molar-refractivity contribution in [1.29, 1.82) is 0 Å². The molecule has 0 atom stereocenters. The number of hydrogen-bond donors (Lipinski definition) is 2. The van der Waals surface area contributed by atoms with Crippen LogP contribution in [0.4, 0.5) is 0 Å². The van der Waals surface area contributed by atoms with E-state index in [1.807, 2.05) is 27.7 Å². The van der Waals surface area contributed by atoms with E-state index in [2.05, 4.69) is 15.6 Å². The van der Waals surface area contributed by atoms with Gasteiger partial charge in [-0.15, -0.1) is 0 Å². The number of guanidine groups is 1. The Morgan fingerprint density at radius 2 is 2.00 bits per heavy atom. The molecule has 5 heteroatoms. The van der Waals surface area contributed by atoms with E-state index in [9.17, 15) is 4.79 Å². The minimum Gasteiger partial charge on any atom is -0.459 e. The molecule has 2 N–H and O–H groups in total. The molecule has 104 valence electrons. The van der Waals surface area contributed by atoms with Gasteiger partial charge in [-0.05, 0) is 46.5 Å². The summed E-state index contributed by atoms with van der Waals surface area (Å²) in [6.45, 7) is 9.32. The van der Waals surface area contributed by atoms with Crippen LogP contribution in [0.2, 0.25) is 0 Å². The number of ether oxygens (including phenoxy) is 1. The van der Waals surface area contributed by atoms with Gasteiger partial charge in [-0.2, -0.15) is 0 Å². The van der Waals surface area contributed by atoms with Gasteiger partial charge in [0.15, 0.2) is 5.96 Å². The Labute approximate surface area is 109 Å². The van der Waals surface area contributed by atoms with Crippen LogP contribution in [-0.2, 0) is 9.53 Å². The molecule has 0 amide bonds. The van der Waals surface area contributed by atoms with Crippen molar-refractivity contribution in [2.24, 2.45) is 10.9 Å². The summed E-state index contributed by atoms with van der Waals surface area (Å²) in [6.07, 6.45) is 2.58. The Bertz CT molecular complexity index is 304. The first-order valence-corrected chi connectivity index (χ1v) is 6.64. The maximum Gasteiger partial charge on any atom is 0.328 e. The SMILES string of the molecule is CCNC(=NCC(=O)OC(C)(C)C)NCC1CC1. The molecule has 0 aromatic carbocycles. The summed E-state index contributed by atoms with van der Waals surface area (Å²) in [5.74, 6) is 1.16. The fraction of sp³-hybridized carbons (Fsp3) is 0.846. The Morgan fingerprint density at radius 1 is 1.33 bits per heavy atom. The molecule has 1 saturated carbocycles.